The number of carbonyl (C=O) groups is 3. The molecule has 3 rings (SSSR count). The predicted molar refractivity (Wildman–Crippen MR) is 120 cm³/mol. The van der Waals surface area contributed by atoms with Gasteiger partial charge in [-0.25, -0.2) is 0 Å². The van der Waals surface area contributed by atoms with E-state index in [0.717, 1.165) is 24.5 Å². The molecular formula is C22H28N4O3S. The van der Waals surface area contributed by atoms with Crippen LogP contribution in [0.4, 0.5) is 11.4 Å². The maximum absolute atomic E-state index is 12.4. The number of likely N-dealkylation sites (N-methyl/N-ethyl adjacent to an activating group) is 1. The van der Waals surface area contributed by atoms with Gasteiger partial charge in [-0.15, -0.1) is 11.3 Å². The second-order valence-corrected chi connectivity index (χ2v) is 8.55. The van der Waals surface area contributed by atoms with Crippen molar-refractivity contribution in [3.63, 3.8) is 0 Å². The Bertz CT molecular complexity index is 878. The molecule has 0 radical (unpaired) electrons. The third kappa shape index (κ3) is 6.06. The second kappa shape index (κ2) is 10.2. The van der Waals surface area contributed by atoms with Crippen molar-refractivity contribution in [2.24, 2.45) is 0 Å². The van der Waals surface area contributed by atoms with E-state index in [1.54, 1.807) is 26.1 Å². The van der Waals surface area contributed by atoms with Crippen LogP contribution in [0.5, 0.6) is 0 Å². The van der Waals surface area contributed by atoms with Gasteiger partial charge in [-0.3, -0.25) is 14.4 Å². The predicted octanol–water partition coefficient (Wildman–Crippen LogP) is 2.95. The first-order valence-electron chi connectivity index (χ1n) is 10.2. The van der Waals surface area contributed by atoms with Crippen LogP contribution in [-0.4, -0.2) is 55.3 Å². The number of hydrogen-bond donors (Lipinski definition) is 2. The summed E-state index contributed by atoms with van der Waals surface area (Å²) in [5.41, 5.74) is 1.87. The van der Waals surface area contributed by atoms with Gasteiger partial charge in [0.2, 0.25) is 11.8 Å². The molecule has 1 unspecified atom stereocenters. The zero-order chi connectivity index (χ0) is 21.5. The van der Waals surface area contributed by atoms with Gasteiger partial charge in [-0.1, -0.05) is 12.1 Å². The van der Waals surface area contributed by atoms with Crippen molar-refractivity contribution in [3.05, 3.63) is 46.7 Å². The highest BCUT2D eigenvalue weighted by Gasteiger charge is 2.18. The third-order valence-corrected chi connectivity index (χ3v) is 5.82. The van der Waals surface area contributed by atoms with Crippen LogP contribution in [0.1, 0.15) is 35.9 Å². The fraction of sp³-hybridized carbons (Fsp3) is 0.409. The number of benzene rings is 1. The summed E-state index contributed by atoms with van der Waals surface area (Å²) in [7, 11) is 1.59. The van der Waals surface area contributed by atoms with E-state index in [2.05, 4.69) is 21.6 Å². The average molecular weight is 429 g/mol. The lowest BCUT2D eigenvalue weighted by atomic mass is 10.2. The summed E-state index contributed by atoms with van der Waals surface area (Å²) in [6.45, 7) is 3.81. The van der Waals surface area contributed by atoms with E-state index in [-0.39, 0.29) is 36.7 Å². The number of anilines is 2. The molecule has 0 saturated carbocycles. The van der Waals surface area contributed by atoms with Gasteiger partial charge in [0.25, 0.3) is 5.91 Å². The van der Waals surface area contributed by atoms with Crippen LogP contribution in [0.3, 0.4) is 0 Å². The molecule has 7 nitrogen and oxygen atoms in total. The number of rotatable bonds is 8. The van der Waals surface area contributed by atoms with Gasteiger partial charge in [0.15, 0.2) is 0 Å². The Morgan fingerprint density at radius 1 is 1.13 bits per heavy atom. The number of thiophene rings is 1. The molecule has 1 saturated heterocycles. The zero-order valence-corrected chi connectivity index (χ0v) is 18.2. The van der Waals surface area contributed by atoms with Gasteiger partial charge < -0.3 is 20.4 Å². The normalized spacial score (nSPS) is 14.3. The summed E-state index contributed by atoms with van der Waals surface area (Å²) in [6, 6.07) is 11.0. The molecule has 2 N–H and O–H groups in total. The van der Waals surface area contributed by atoms with Crippen molar-refractivity contribution in [1.82, 2.24) is 10.2 Å². The van der Waals surface area contributed by atoms with Crippen molar-refractivity contribution in [1.29, 1.82) is 0 Å². The first-order valence-corrected chi connectivity index (χ1v) is 11.0. The van der Waals surface area contributed by atoms with Crippen molar-refractivity contribution >= 4 is 40.4 Å². The molecule has 8 heteroatoms. The number of amides is 3. The van der Waals surface area contributed by atoms with Crippen molar-refractivity contribution in [3.8, 4) is 0 Å². The number of nitrogens with zero attached hydrogens (tertiary/aromatic N) is 2. The number of hydrogen-bond acceptors (Lipinski definition) is 5. The summed E-state index contributed by atoms with van der Waals surface area (Å²) in [6.07, 6.45) is 2.55. The van der Waals surface area contributed by atoms with E-state index < -0.39 is 0 Å². The van der Waals surface area contributed by atoms with Crippen molar-refractivity contribution < 1.29 is 14.4 Å². The zero-order valence-electron chi connectivity index (χ0n) is 17.4. The van der Waals surface area contributed by atoms with E-state index in [4.69, 9.17) is 0 Å². The largest absolute Gasteiger partial charge is 0.371 e. The Balaban J connectivity index is 1.44. The molecule has 1 aromatic carbocycles. The highest BCUT2D eigenvalue weighted by atomic mass is 32.1. The molecule has 0 spiro atoms. The van der Waals surface area contributed by atoms with Crippen LogP contribution in [0.15, 0.2) is 41.8 Å². The Morgan fingerprint density at radius 2 is 1.90 bits per heavy atom. The minimum absolute atomic E-state index is 0.0550. The lowest BCUT2D eigenvalue weighted by Gasteiger charge is -2.20. The van der Waals surface area contributed by atoms with E-state index >= 15 is 0 Å². The second-order valence-electron chi connectivity index (χ2n) is 7.60. The molecule has 1 aromatic heterocycles. The molecule has 1 fully saturated rings. The Kier molecular flexibility index (Phi) is 7.46. The van der Waals surface area contributed by atoms with E-state index in [9.17, 15) is 14.4 Å². The van der Waals surface area contributed by atoms with E-state index in [0.29, 0.717) is 4.88 Å². The SMILES string of the molecule is CC(CC(=O)Nc1cccc(N2CCCC2)c1)NC(=O)CN(C)C(=O)c1cccs1. The topological polar surface area (TPSA) is 81.8 Å². The molecule has 0 bridgehead atoms. The first kappa shape index (κ1) is 21.8. The fourth-order valence-corrected chi connectivity index (χ4v) is 4.21. The highest BCUT2D eigenvalue weighted by molar-refractivity contribution is 7.12. The van der Waals surface area contributed by atoms with Crippen LogP contribution in [0.25, 0.3) is 0 Å². The van der Waals surface area contributed by atoms with E-state index in [1.165, 1.54) is 29.1 Å². The van der Waals surface area contributed by atoms with Gasteiger partial charge in [0.05, 0.1) is 11.4 Å². The molecule has 1 atom stereocenters. The summed E-state index contributed by atoms with van der Waals surface area (Å²) in [4.78, 5) is 41.1. The lowest BCUT2D eigenvalue weighted by molar-refractivity contribution is -0.122. The Labute approximate surface area is 181 Å². The summed E-state index contributed by atoms with van der Waals surface area (Å²) >= 11 is 1.34. The molecule has 1 aliphatic rings. The maximum Gasteiger partial charge on any atom is 0.264 e. The molecule has 3 amide bonds. The highest BCUT2D eigenvalue weighted by Crippen LogP contribution is 2.23. The first-order chi connectivity index (χ1) is 14.4. The smallest absolute Gasteiger partial charge is 0.264 e. The molecule has 30 heavy (non-hydrogen) atoms. The van der Waals surface area contributed by atoms with E-state index in [1.807, 2.05) is 23.6 Å². The van der Waals surface area contributed by atoms with Gasteiger partial charge in [0, 0.05) is 44.0 Å². The summed E-state index contributed by atoms with van der Waals surface area (Å²) < 4.78 is 0. The van der Waals surface area contributed by atoms with Crippen molar-refractivity contribution in [2.45, 2.75) is 32.2 Å². The van der Waals surface area contributed by atoms with Crippen LogP contribution < -0.4 is 15.5 Å². The minimum atomic E-state index is -0.343. The van der Waals surface area contributed by atoms with Crippen LogP contribution >= 0.6 is 11.3 Å². The fourth-order valence-electron chi connectivity index (χ4n) is 3.49. The van der Waals surface area contributed by atoms with Crippen LogP contribution in [0.2, 0.25) is 0 Å². The van der Waals surface area contributed by atoms with Gasteiger partial charge in [-0.05, 0) is 49.4 Å². The Hall–Kier alpha value is -2.87. The molecule has 2 heterocycles. The van der Waals surface area contributed by atoms with Crippen LogP contribution in [-0.2, 0) is 9.59 Å². The average Bonchev–Trinajstić information content (AvgIpc) is 3.41. The molecule has 0 aliphatic carbocycles. The molecular weight excluding hydrogens is 400 g/mol. The molecule has 1 aliphatic heterocycles. The standard InChI is InChI=1S/C22H28N4O3S/c1-16(23-21(28)15-25(2)22(29)19-9-6-12-30-19)13-20(27)24-17-7-5-8-18(14-17)26-10-3-4-11-26/h5-9,12,14,16H,3-4,10-11,13,15H2,1-2H3,(H,23,28)(H,24,27). The van der Waals surface area contributed by atoms with Gasteiger partial charge in [-0.2, -0.15) is 0 Å². The molecule has 2 aromatic rings. The monoisotopic (exact) mass is 428 g/mol. The van der Waals surface area contributed by atoms with Gasteiger partial charge in [0.1, 0.15) is 0 Å². The third-order valence-electron chi connectivity index (χ3n) is 4.96. The summed E-state index contributed by atoms with van der Waals surface area (Å²) in [5, 5.41) is 7.51. The Morgan fingerprint density at radius 3 is 2.60 bits per heavy atom. The quantitative estimate of drug-likeness (QED) is 0.677. The number of carbonyl (C=O) groups excluding carboxylic acids is 3. The number of nitrogens with one attached hydrogen (secondary N) is 2. The summed E-state index contributed by atoms with van der Waals surface area (Å²) in [5.74, 6) is -0.647. The van der Waals surface area contributed by atoms with Gasteiger partial charge >= 0.3 is 0 Å². The minimum Gasteiger partial charge on any atom is -0.371 e. The lowest BCUT2D eigenvalue weighted by Crippen LogP contribution is -2.42. The molecule has 160 valence electrons. The van der Waals surface area contributed by atoms with Crippen molar-refractivity contribution in [2.75, 3.05) is 36.9 Å². The maximum atomic E-state index is 12.4. The van der Waals surface area contributed by atoms with Crippen LogP contribution in [0, 0.1) is 0 Å².